The van der Waals surface area contributed by atoms with Crippen molar-refractivity contribution in [2.45, 2.75) is 103 Å². The van der Waals surface area contributed by atoms with E-state index in [0.717, 1.165) is 0 Å². The molecule has 19 heavy (non-hydrogen) atoms. The Labute approximate surface area is 127 Å². The quantitative estimate of drug-likeness (QED) is 0.302. The summed E-state index contributed by atoms with van der Waals surface area (Å²) in [5.74, 6) is 0.633. The summed E-state index contributed by atoms with van der Waals surface area (Å²) in [6, 6.07) is 0. The van der Waals surface area contributed by atoms with Crippen molar-refractivity contribution in [1.82, 2.24) is 6.15 Å². The van der Waals surface area contributed by atoms with Crippen LogP contribution >= 0.6 is 11.6 Å². The topological polar surface area (TPSA) is 35.0 Å². The largest absolute Gasteiger partial charge is 0.344 e. The van der Waals surface area contributed by atoms with Crippen molar-refractivity contribution < 1.29 is 0 Å². The molecule has 1 atom stereocenters. The lowest BCUT2D eigenvalue weighted by Gasteiger charge is -2.24. The van der Waals surface area contributed by atoms with Gasteiger partial charge in [0.2, 0.25) is 0 Å². The molecule has 0 amide bonds. The molecule has 0 bridgehead atoms. The molecule has 0 aliphatic carbocycles. The summed E-state index contributed by atoms with van der Waals surface area (Å²) in [6.45, 7) is 8.83. The zero-order chi connectivity index (χ0) is 13.9. The molecule has 0 aromatic carbocycles. The van der Waals surface area contributed by atoms with Crippen LogP contribution in [0, 0.1) is 5.92 Å². The molecular weight excluding hydrogens is 254 g/mol. The van der Waals surface area contributed by atoms with Crippen LogP contribution in [0.5, 0.6) is 0 Å². The molecule has 0 heterocycles. The van der Waals surface area contributed by atoms with Crippen LogP contribution in [0.3, 0.4) is 0 Å². The maximum absolute atomic E-state index is 6.31. The van der Waals surface area contributed by atoms with E-state index in [1.165, 1.54) is 70.6 Å². The number of hydrogen-bond acceptors (Lipinski definition) is 1. The molecule has 0 saturated heterocycles. The number of alkyl halides is 1. The predicted octanol–water partition coefficient (Wildman–Crippen LogP) is 7.11. The van der Waals surface area contributed by atoms with Gasteiger partial charge in [-0.25, -0.2) is 0 Å². The van der Waals surface area contributed by atoms with Gasteiger partial charge in [0.25, 0.3) is 0 Å². The fourth-order valence-corrected chi connectivity index (χ4v) is 2.39. The lowest BCUT2D eigenvalue weighted by molar-refractivity contribution is 0.400. The standard InChI is InChI=1S/C17H35Cl.H3N/c1-5-6-7-8-9-10-11-12-13-14-15-16(2)17(3,4)18;/h16H,5-15H2,1-4H3;1H3. The fraction of sp³-hybridized carbons (Fsp3) is 1.00. The Morgan fingerprint density at radius 3 is 1.53 bits per heavy atom. The van der Waals surface area contributed by atoms with Crippen LogP contribution in [0.15, 0.2) is 0 Å². The van der Waals surface area contributed by atoms with Crippen LogP contribution in [0.25, 0.3) is 0 Å². The second-order valence-corrected chi connectivity index (χ2v) is 7.41. The van der Waals surface area contributed by atoms with E-state index in [4.69, 9.17) is 11.6 Å². The summed E-state index contributed by atoms with van der Waals surface area (Å²) in [5, 5.41) is 0. The van der Waals surface area contributed by atoms with Gasteiger partial charge in [0.15, 0.2) is 0 Å². The van der Waals surface area contributed by atoms with E-state index in [-0.39, 0.29) is 11.0 Å². The highest BCUT2D eigenvalue weighted by molar-refractivity contribution is 6.23. The van der Waals surface area contributed by atoms with Crippen molar-refractivity contribution in [3.05, 3.63) is 0 Å². The minimum Gasteiger partial charge on any atom is -0.344 e. The van der Waals surface area contributed by atoms with Gasteiger partial charge >= 0.3 is 0 Å². The third kappa shape index (κ3) is 14.5. The molecule has 0 spiro atoms. The summed E-state index contributed by atoms with van der Waals surface area (Å²) in [6.07, 6.45) is 15.5. The zero-order valence-corrected chi connectivity index (χ0v) is 14.7. The molecule has 0 radical (unpaired) electrons. The molecule has 1 unspecified atom stereocenters. The van der Waals surface area contributed by atoms with Crippen molar-refractivity contribution in [1.29, 1.82) is 0 Å². The van der Waals surface area contributed by atoms with E-state index in [0.29, 0.717) is 5.92 Å². The van der Waals surface area contributed by atoms with Crippen molar-refractivity contribution >= 4 is 11.6 Å². The first-order valence-electron chi connectivity index (χ1n) is 8.17. The highest BCUT2D eigenvalue weighted by Gasteiger charge is 2.21. The van der Waals surface area contributed by atoms with Gasteiger partial charge in [-0.05, 0) is 26.2 Å². The van der Waals surface area contributed by atoms with Crippen LogP contribution in [-0.2, 0) is 0 Å². The lowest BCUT2D eigenvalue weighted by Crippen LogP contribution is -2.21. The second kappa shape index (κ2) is 13.2. The average molecular weight is 292 g/mol. The van der Waals surface area contributed by atoms with Crippen LogP contribution in [0.4, 0.5) is 0 Å². The third-order valence-electron chi connectivity index (χ3n) is 4.16. The summed E-state index contributed by atoms with van der Waals surface area (Å²) in [4.78, 5) is -0.0285. The minimum atomic E-state index is -0.0285. The third-order valence-corrected chi connectivity index (χ3v) is 4.54. The lowest BCUT2D eigenvalue weighted by atomic mass is 9.91. The average Bonchev–Trinajstić information content (AvgIpc) is 2.30. The van der Waals surface area contributed by atoms with E-state index in [1.54, 1.807) is 0 Å². The van der Waals surface area contributed by atoms with Gasteiger partial charge in [-0.3, -0.25) is 0 Å². The van der Waals surface area contributed by atoms with E-state index in [2.05, 4.69) is 27.7 Å². The Balaban J connectivity index is 0. The molecular formula is C17H38ClN. The van der Waals surface area contributed by atoms with E-state index >= 15 is 0 Å². The zero-order valence-electron chi connectivity index (χ0n) is 13.9. The number of halogens is 1. The number of hydrogen-bond donors (Lipinski definition) is 1. The first-order chi connectivity index (χ1) is 8.48. The Morgan fingerprint density at radius 2 is 1.16 bits per heavy atom. The van der Waals surface area contributed by atoms with E-state index in [9.17, 15) is 0 Å². The highest BCUT2D eigenvalue weighted by atomic mass is 35.5. The first kappa shape index (κ1) is 21.5. The molecule has 3 N–H and O–H groups in total. The Bertz CT molecular complexity index is 175. The van der Waals surface area contributed by atoms with Gasteiger partial charge in [0.05, 0.1) is 0 Å². The first-order valence-corrected chi connectivity index (χ1v) is 8.55. The molecule has 118 valence electrons. The molecule has 0 rings (SSSR count). The van der Waals surface area contributed by atoms with Crippen LogP contribution < -0.4 is 6.15 Å². The van der Waals surface area contributed by atoms with Crippen LogP contribution in [-0.4, -0.2) is 4.87 Å². The van der Waals surface area contributed by atoms with Crippen molar-refractivity contribution in [3.63, 3.8) is 0 Å². The monoisotopic (exact) mass is 291 g/mol. The summed E-state index contributed by atoms with van der Waals surface area (Å²) in [5.41, 5.74) is 0. The smallest absolute Gasteiger partial charge is 0.0416 e. The summed E-state index contributed by atoms with van der Waals surface area (Å²) >= 11 is 6.31. The number of unbranched alkanes of at least 4 members (excludes halogenated alkanes) is 9. The van der Waals surface area contributed by atoms with Gasteiger partial charge in [-0.2, -0.15) is 0 Å². The highest BCUT2D eigenvalue weighted by Crippen LogP contribution is 2.28. The van der Waals surface area contributed by atoms with Crippen molar-refractivity contribution in [2.75, 3.05) is 0 Å². The molecule has 0 fully saturated rings. The summed E-state index contributed by atoms with van der Waals surface area (Å²) < 4.78 is 0. The minimum absolute atomic E-state index is 0. The molecule has 0 aliphatic rings. The summed E-state index contributed by atoms with van der Waals surface area (Å²) in [7, 11) is 0. The molecule has 2 heteroatoms. The van der Waals surface area contributed by atoms with Gasteiger partial charge in [0, 0.05) is 4.87 Å². The molecule has 0 aromatic heterocycles. The number of rotatable bonds is 12. The molecule has 1 nitrogen and oxygen atoms in total. The molecule has 0 aromatic rings. The Morgan fingerprint density at radius 1 is 0.789 bits per heavy atom. The van der Waals surface area contributed by atoms with Gasteiger partial charge < -0.3 is 6.15 Å². The van der Waals surface area contributed by atoms with Gasteiger partial charge in [0.1, 0.15) is 0 Å². The Kier molecular flexibility index (Phi) is 15.0. The van der Waals surface area contributed by atoms with Crippen LogP contribution in [0.2, 0.25) is 0 Å². The van der Waals surface area contributed by atoms with Crippen molar-refractivity contribution in [3.8, 4) is 0 Å². The predicted molar refractivity (Wildman–Crippen MR) is 90.6 cm³/mol. The van der Waals surface area contributed by atoms with Gasteiger partial charge in [-0.15, -0.1) is 11.6 Å². The van der Waals surface area contributed by atoms with E-state index in [1.807, 2.05) is 0 Å². The second-order valence-electron chi connectivity index (χ2n) is 6.44. The normalized spacial score (nSPS) is 13.1. The SMILES string of the molecule is CCCCCCCCCCCCC(C)C(C)(C)Cl.N. The maximum Gasteiger partial charge on any atom is 0.0416 e. The van der Waals surface area contributed by atoms with E-state index < -0.39 is 0 Å². The maximum atomic E-state index is 6.31. The van der Waals surface area contributed by atoms with Crippen LogP contribution in [0.1, 0.15) is 98.3 Å². The molecule has 0 saturated carbocycles. The Hall–Kier alpha value is 0.250. The fourth-order valence-electron chi connectivity index (χ4n) is 2.28. The van der Waals surface area contributed by atoms with Crippen molar-refractivity contribution in [2.24, 2.45) is 5.92 Å². The van der Waals surface area contributed by atoms with Gasteiger partial charge in [-0.1, -0.05) is 78.1 Å². The molecule has 0 aliphatic heterocycles.